The highest BCUT2D eigenvalue weighted by atomic mass is 32.2. The molecule has 9 heteroatoms. The van der Waals surface area contributed by atoms with Gasteiger partial charge in [0.2, 0.25) is 0 Å². The Kier molecular flexibility index (Phi) is 9.17. The van der Waals surface area contributed by atoms with Gasteiger partial charge in [0, 0.05) is 49.0 Å². The van der Waals surface area contributed by atoms with Gasteiger partial charge in [-0.1, -0.05) is 32.8 Å². The van der Waals surface area contributed by atoms with Crippen molar-refractivity contribution < 1.29 is 8.42 Å². The largest absolute Gasteiger partial charge is 0.382 e. The summed E-state index contributed by atoms with van der Waals surface area (Å²) in [6, 6.07) is 13.3. The molecule has 2 aliphatic rings. The smallest absolute Gasteiger partial charge is 0.192 e. The second kappa shape index (κ2) is 12.7. The van der Waals surface area contributed by atoms with Crippen molar-refractivity contribution in [1.29, 1.82) is 0 Å². The highest BCUT2D eigenvalue weighted by Gasteiger charge is 2.27. The van der Waals surface area contributed by atoms with E-state index in [1.807, 2.05) is 0 Å². The number of pyridine rings is 1. The van der Waals surface area contributed by atoms with Crippen molar-refractivity contribution >= 4 is 32.1 Å². The third-order valence-electron chi connectivity index (χ3n) is 8.39. The lowest BCUT2D eigenvalue weighted by Gasteiger charge is -2.41. The number of anilines is 2. The van der Waals surface area contributed by atoms with E-state index in [1.165, 1.54) is 80.7 Å². The number of piperidine rings is 2. The summed E-state index contributed by atoms with van der Waals surface area (Å²) in [6.07, 6.45) is 7.62. The molecule has 3 aromatic rings. The highest BCUT2D eigenvalue weighted by molar-refractivity contribution is 7.90. The molecule has 0 aliphatic carbocycles. The van der Waals surface area contributed by atoms with Crippen LogP contribution in [0.15, 0.2) is 47.6 Å². The second-order valence-electron chi connectivity index (χ2n) is 13.2. The number of nitrogens with zero attached hydrogens (tertiary/aromatic N) is 4. The maximum absolute atomic E-state index is 11.7. The molecule has 4 heterocycles. The molecule has 0 unspecified atom stereocenters. The van der Waals surface area contributed by atoms with E-state index in [0.717, 1.165) is 30.2 Å². The van der Waals surface area contributed by atoms with Crippen molar-refractivity contribution in [3.05, 3.63) is 48.3 Å². The monoisotopic (exact) mass is 590 g/mol. The highest BCUT2D eigenvalue weighted by Crippen LogP contribution is 2.31. The van der Waals surface area contributed by atoms with Gasteiger partial charge < -0.3 is 25.0 Å². The van der Waals surface area contributed by atoms with Gasteiger partial charge in [-0.3, -0.25) is 0 Å². The van der Waals surface area contributed by atoms with E-state index >= 15 is 0 Å². The molecular formula is C33H46N6O2S. The molecule has 8 nitrogen and oxygen atoms in total. The van der Waals surface area contributed by atoms with E-state index in [1.54, 1.807) is 6.07 Å². The third-order valence-corrected chi connectivity index (χ3v) is 9.39. The van der Waals surface area contributed by atoms with Gasteiger partial charge in [-0.2, -0.15) is 0 Å². The van der Waals surface area contributed by atoms with E-state index in [4.69, 9.17) is 0 Å². The van der Waals surface area contributed by atoms with Crippen LogP contribution >= 0.6 is 0 Å². The molecule has 0 amide bonds. The molecule has 2 saturated heterocycles. The molecule has 0 bridgehead atoms. The Labute approximate surface area is 251 Å². The van der Waals surface area contributed by atoms with Crippen molar-refractivity contribution in [2.75, 3.05) is 56.7 Å². The quantitative estimate of drug-likeness (QED) is 0.378. The van der Waals surface area contributed by atoms with Crippen LogP contribution in [-0.4, -0.2) is 85.9 Å². The molecule has 42 heavy (non-hydrogen) atoms. The Bertz CT molecular complexity index is 1530. The van der Waals surface area contributed by atoms with Gasteiger partial charge >= 0.3 is 0 Å². The predicted octanol–water partition coefficient (Wildman–Crippen LogP) is 4.92. The van der Waals surface area contributed by atoms with Crippen LogP contribution < -0.4 is 10.6 Å². The molecule has 0 saturated carbocycles. The van der Waals surface area contributed by atoms with Gasteiger partial charge in [-0.25, -0.2) is 13.4 Å². The fourth-order valence-corrected chi connectivity index (χ4v) is 6.69. The van der Waals surface area contributed by atoms with Crippen molar-refractivity contribution in [2.45, 2.75) is 70.1 Å². The number of likely N-dealkylation sites (tertiary alicyclic amines) is 2. The number of fused-ring (bicyclic) bond motifs is 1. The second-order valence-corrected chi connectivity index (χ2v) is 15.2. The van der Waals surface area contributed by atoms with Crippen LogP contribution in [0.2, 0.25) is 0 Å². The normalized spacial score (nSPS) is 18.1. The number of hydrogen-bond donors (Lipinski definition) is 2. The first-order valence-corrected chi connectivity index (χ1v) is 17.1. The van der Waals surface area contributed by atoms with Crippen LogP contribution in [0, 0.1) is 17.3 Å². The topological polar surface area (TPSA) is 82.5 Å². The maximum atomic E-state index is 11.7. The first-order valence-electron chi connectivity index (χ1n) is 15.2. The summed E-state index contributed by atoms with van der Waals surface area (Å²) >= 11 is 0. The molecule has 2 fully saturated rings. The zero-order valence-electron chi connectivity index (χ0n) is 25.8. The van der Waals surface area contributed by atoms with Crippen molar-refractivity contribution in [3.8, 4) is 11.8 Å². The maximum Gasteiger partial charge on any atom is 0.192 e. The molecule has 0 spiro atoms. The van der Waals surface area contributed by atoms with Gasteiger partial charge in [0.1, 0.15) is 0 Å². The van der Waals surface area contributed by atoms with E-state index < -0.39 is 9.84 Å². The first kappa shape index (κ1) is 30.4. The zero-order valence-corrected chi connectivity index (χ0v) is 26.6. The van der Waals surface area contributed by atoms with Crippen LogP contribution in [0.5, 0.6) is 0 Å². The molecule has 0 atom stereocenters. The minimum Gasteiger partial charge on any atom is -0.382 e. The Hall–Kier alpha value is -3.06. The van der Waals surface area contributed by atoms with Crippen molar-refractivity contribution in [1.82, 2.24) is 19.4 Å². The number of hydrogen-bond acceptors (Lipinski definition) is 7. The van der Waals surface area contributed by atoms with Gasteiger partial charge in [0.15, 0.2) is 14.9 Å². The SMILES string of the molecule is CN1CCC(N2CCC(Nc3cccc4c3cc(C#CCNc3ccc(S(C)(=O)=O)nc3)n4CC(C)(C)C)CC2)CC1. The molecule has 2 aliphatic heterocycles. The van der Waals surface area contributed by atoms with E-state index in [0.29, 0.717) is 12.6 Å². The lowest BCUT2D eigenvalue weighted by Crippen LogP contribution is -2.48. The van der Waals surface area contributed by atoms with E-state index in [-0.39, 0.29) is 10.4 Å². The molecule has 1 aromatic carbocycles. The Morgan fingerprint density at radius 2 is 1.76 bits per heavy atom. The summed E-state index contributed by atoms with van der Waals surface area (Å²) in [7, 11) is -1.08. The summed E-state index contributed by atoms with van der Waals surface area (Å²) in [5, 5.41) is 8.42. The Morgan fingerprint density at radius 3 is 2.40 bits per heavy atom. The summed E-state index contributed by atoms with van der Waals surface area (Å²) in [5.41, 5.74) is 4.23. The van der Waals surface area contributed by atoms with Gasteiger partial charge in [0.25, 0.3) is 0 Å². The van der Waals surface area contributed by atoms with E-state index in [2.05, 4.69) is 93.9 Å². The van der Waals surface area contributed by atoms with Gasteiger partial charge in [-0.05, 0) is 87.5 Å². The predicted molar refractivity (Wildman–Crippen MR) is 173 cm³/mol. The molecular weight excluding hydrogens is 544 g/mol. The van der Waals surface area contributed by atoms with E-state index in [9.17, 15) is 8.42 Å². The summed E-state index contributed by atoms with van der Waals surface area (Å²) in [4.78, 5) is 9.22. The minimum absolute atomic E-state index is 0.0676. The fraction of sp³-hybridized carbons (Fsp3) is 0.545. The van der Waals surface area contributed by atoms with Crippen LogP contribution in [0.4, 0.5) is 11.4 Å². The Balaban J connectivity index is 1.29. The zero-order chi connectivity index (χ0) is 29.9. The number of aromatic nitrogens is 2. The molecule has 2 N–H and O–H groups in total. The lowest BCUT2D eigenvalue weighted by atomic mass is 9.96. The van der Waals surface area contributed by atoms with Crippen molar-refractivity contribution in [2.24, 2.45) is 5.41 Å². The van der Waals surface area contributed by atoms with Gasteiger partial charge in [-0.15, -0.1) is 0 Å². The van der Waals surface area contributed by atoms with Gasteiger partial charge in [0.05, 0.1) is 29.6 Å². The molecule has 5 rings (SSSR count). The van der Waals surface area contributed by atoms with Crippen LogP contribution in [0.3, 0.4) is 0 Å². The number of sulfone groups is 1. The van der Waals surface area contributed by atoms with Crippen molar-refractivity contribution in [3.63, 3.8) is 0 Å². The number of benzene rings is 1. The Morgan fingerprint density at radius 1 is 1.02 bits per heavy atom. The average molecular weight is 591 g/mol. The number of rotatable bonds is 7. The van der Waals surface area contributed by atoms with Crippen LogP contribution in [0.1, 0.15) is 52.1 Å². The molecule has 226 valence electrons. The first-order chi connectivity index (χ1) is 20.0. The van der Waals surface area contributed by atoms with Crippen LogP contribution in [-0.2, 0) is 16.4 Å². The third kappa shape index (κ3) is 7.66. The fourth-order valence-electron chi connectivity index (χ4n) is 6.13. The summed E-state index contributed by atoms with van der Waals surface area (Å²) < 4.78 is 25.7. The number of nitrogens with one attached hydrogen (secondary N) is 2. The van der Waals surface area contributed by atoms with Crippen LogP contribution in [0.25, 0.3) is 10.9 Å². The summed E-state index contributed by atoms with van der Waals surface area (Å²) in [5.74, 6) is 6.67. The molecule has 0 radical (unpaired) electrons. The minimum atomic E-state index is -3.31. The average Bonchev–Trinajstić information content (AvgIpc) is 3.28. The molecule has 2 aromatic heterocycles. The lowest BCUT2D eigenvalue weighted by molar-refractivity contribution is 0.0994. The standard InChI is InChI=1S/C33H46N6O2S/c1-33(2,3)24-39-28(8-7-17-34-26-11-12-32(35-23-26)42(5,40)41)22-29-30(9-6-10-31(29)39)36-25-13-20-38(21-14-25)27-15-18-37(4)19-16-27/h6,9-12,22-23,25,27,34,36H,13-21,24H2,1-5H3. The summed E-state index contributed by atoms with van der Waals surface area (Å²) in [6.45, 7) is 12.8.